The van der Waals surface area contributed by atoms with Crippen molar-refractivity contribution in [2.24, 2.45) is 0 Å². The van der Waals surface area contributed by atoms with Crippen LogP contribution in [0.3, 0.4) is 0 Å². The molecule has 0 radical (unpaired) electrons. The Balaban J connectivity index is 1.90. The summed E-state index contributed by atoms with van der Waals surface area (Å²) in [5.41, 5.74) is 0. The average Bonchev–Trinajstić information content (AvgIpc) is 2.32. The lowest BCUT2D eigenvalue weighted by atomic mass is 9.91. The third-order valence-corrected chi connectivity index (χ3v) is 3.45. The molecule has 0 spiro atoms. The number of aliphatic hydroxyl groups excluding tert-OH is 1. The summed E-state index contributed by atoms with van der Waals surface area (Å²) in [6.45, 7) is 2.18. The molecule has 0 aromatic rings. The molecule has 1 aliphatic heterocycles. The zero-order valence-corrected chi connectivity index (χ0v) is 10.1. The van der Waals surface area contributed by atoms with Crippen molar-refractivity contribution in [3.05, 3.63) is 0 Å². The van der Waals surface area contributed by atoms with E-state index in [9.17, 15) is 4.79 Å². The lowest BCUT2D eigenvalue weighted by Gasteiger charge is -2.39. The van der Waals surface area contributed by atoms with Crippen LogP contribution in [0.1, 0.15) is 25.7 Å². The highest BCUT2D eigenvalue weighted by Gasteiger charge is 2.34. The molecule has 1 atom stereocenters. The summed E-state index contributed by atoms with van der Waals surface area (Å²) >= 11 is 0. The lowest BCUT2D eigenvalue weighted by molar-refractivity contribution is -0.162. The van der Waals surface area contributed by atoms with Crippen LogP contribution in [-0.2, 0) is 14.3 Å². The highest BCUT2D eigenvalue weighted by Crippen LogP contribution is 2.26. The molecule has 2 rings (SSSR count). The van der Waals surface area contributed by atoms with Gasteiger partial charge in [0.1, 0.15) is 0 Å². The maximum absolute atomic E-state index is 12.3. The molecule has 1 amide bonds. The Morgan fingerprint density at radius 2 is 2.18 bits per heavy atom. The van der Waals surface area contributed by atoms with Gasteiger partial charge in [0.05, 0.1) is 19.8 Å². The number of hydrogen-bond acceptors (Lipinski definition) is 4. The Kier molecular flexibility index (Phi) is 4.76. The van der Waals surface area contributed by atoms with E-state index in [2.05, 4.69) is 0 Å². The third-order valence-electron chi connectivity index (χ3n) is 3.45. The van der Waals surface area contributed by atoms with Crippen LogP contribution >= 0.6 is 0 Å². The Bertz CT molecular complexity index is 249. The number of nitrogens with zero attached hydrogens (tertiary/aromatic N) is 1. The van der Waals surface area contributed by atoms with Gasteiger partial charge in [-0.25, -0.2) is 0 Å². The van der Waals surface area contributed by atoms with Gasteiger partial charge in [-0.2, -0.15) is 0 Å². The molecule has 1 saturated carbocycles. The average molecular weight is 243 g/mol. The van der Waals surface area contributed by atoms with Gasteiger partial charge in [0.25, 0.3) is 5.91 Å². The predicted molar refractivity (Wildman–Crippen MR) is 61.6 cm³/mol. The van der Waals surface area contributed by atoms with Gasteiger partial charge in [-0.15, -0.1) is 0 Å². The van der Waals surface area contributed by atoms with Gasteiger partial charge in [-0.3, -0.25) is 4.79 Å². The highest BCUT2D eigenvalue weighted by molar-refractivity contribution is 5.81. The minimum atomic E-state index is -0.442. The normalized spacial score (nSPS) is 25.4. The monoisotopic (exact) mass is 243 g/mol. The Morgan fingerprint density at radius 3 is 2.71 bits per heavy atom. The fourth-order valence-electron chi connectivity index (χ4n) is 2.23. The largest absolute Gasteiger partial charge is 0.396 e. The second-order valence-electron chi connectivity index (χ2n) is 4.63. The molecule has 0 aromatic heterocycles. The van der Waals surface area contributed by atoms with E-state index < -0.39 is 6.10 Å². The van der Waals surface area contributed by atoms with Crippen molar-refractivity contribution >= 4 is 5.91 Å². The number of hydrogen-bond donors (Lipinski definition) is 1. The van der Waals surface area contributed by atoms with Crippen LogP contribution in [0.15, 0.2) is 0 Å². The summed E-state index contributed by atoms with van der Waals surface area (Å²) < 4.78 is 10.7. The van der Waals surface area contributed by atoms with Crippen molar-refractivity contribution in [3.8, 4) is 0 Å². The van der Waals surface area contributed by atoms with Crippen LogP contribution in [-0.4, -0.2) is 61.0 Å². The molecule has 1 aliphatic carbocycles. The van der Waals surface area contributed by atoms with Crippen molar-refractivity contribution in [1.82, 2.24) is 4.90 Å². The van der Waals surface area contributed by atoms with E-state index in [1.807, 2.05) is 4.90 Å². The molecule has 98 valence electrons. The second-order valence-corrected chi connectivity index (χ2v) is 4.63. The number of aliphatic hydroxyl groups is 1. The Labute approximate surface area is 102 Å². The van der Waals surface area contributed by atoms with Crippen LogP contribution < -0.4 is 0 Å². The Hall–Kier alpha value is -0.650. The minimum absolute atomic E-state index is 0.0304. The van der Waals surface area contributed by atoms with E-state index >= 15 is 0 Å². The molecule has 2 aliphatic rings. The molecule has 1 saturated heterocycles. The first kappa shape index (κ1) is 12.8. The molecule has 5 nitrogen and oxygen atoms in total. The maximum Gasteiger partial charge on any atom is 0.254 e. The van der Waals surface area contributed by atoms with E-state index in [0.29, 0.717) is 38.8 Å². The van der Waals surface area contributed by atoms with Crippen molar-refractivity contribution in [2.75, 3.05) is 33.0 Å². The molecule has 2 fully saturated rings. The first-order valence-corrected chi connectivity index (χ1v) is 6.43. The van der Waals surface area contributed by atoms with Gasteiger partial charge in [-0.05, 0) is 25.7 Å². The summed E-state index contributed by atoms with van der Waals surface area (Å²) in [7, 11) is 0. The number of amides is 1. The smallest absolute Gasteiger partial charge is 0.254 e. The van der Waals surface area contributed by atoms with Gasteiger partial charge in [0, 0.05) is 19.2 Å². The van der Waals surface area contributed by atoms with Crippen LogP contribution in [0.5, 0.6) is 0 Å². The van der Waals surface area contributed by atoms with Gasteiger partial charge >= 0.3 is 0 Å². The fourth-order valence-corrected chi connectivity index (χ4v) is 2.23. The summed E-state index contributed by atoms with van der Waals surface area (Å²) in [6.07, 6.45) is 3.53. The molecule has 17 heavy (non-hydrogen) atoms. The Morgan fingerprint density at radius 1 is 1.35 bits per heavy atom. The van der Waals surface area contributed by atoms with Crippen molar-refractivity contribution in [1.29, 1.82) is 0 Å². The molecule has 0 bridgehead atoms. The molecule has 1 heterocycles. The second kappa shape index (κ2) is 6.33. The number of ether oxygens (including phenoxy) is 2. The standard InChI is InChI=1S/C12H21NO4/c14-6-2-5-13(10-3-1-4-10)12(15)11-9-16-7-8-17-11/h10-11,14H,1-9H2. The summed E-state index contributed by atoms with van der Waals surface area (Å²) in [4.78, 5) is 14.2. The van der Waals surface area contributed by atoms with Gasteiger partial charge < -0.3 is 19.5 Å². The van der Waals surface area contributed by atoms with E-state index in [1.165, 1.54) is 6.42 Å². The van der Waals surface area contributed by atoms with Crippen LogP contribution in [0.4, 0.5) is 0 Å². The minimum Gasteiger partial charge on any atom is -0.396 e. The summed E-state index contributed by atoms with van der Waals surface area (Å²) in [5, 5.41) is 8.89. The maximum atomic E-state index is 12.3. The van der Waals surface area contributed by atoms with E-state index in [-0.39, 0.29) is 12.5 Å². The fraction of sp³-hybridized carbons (Fsp3) is 0.917. The topological polar surface area (TPSA) is 59.0 Å². The molecular weight excluding hydrogens is 222 g/mol. The van der Waals surface area contributed by atoms with Gasteiger partial charge in [0.15, 0.2) is 6.10 Å². The van der Waals surface area contributed by atoms with Crippen molar-refractivity contribution in [3.63, 3.8) is 0 Å². The third kappa shape index (κ3) is 3.18. The van der Waals surface area contributed by atoms with Crippen molar-refractivity contribution in [2.45, 2.75) is 37.8 Å². The van der Waals surface area contributed by atoms with E-state index in [0.717, 1.165) is 12.8 Å². The zero-order valence-electron chi connectivity index (χ0n) is 10.1. The van der Waals surface area contributed by atoms with Crippen molar-refractivity contribution < 1.29 is 19.4 Å². The molecule has 0 aromatic carbocycles. The first-order valence-electron chi connectivity index (χ1n) is 6.43. The van der Waals surface area contributed by atoms with E-state index in [1.54, 1.807) is 0 Å². The quantitative estimate of drug-likeness (QED) is 0.747. The summed E-state index contributed by atoms with van der Waals surface area (Å²) in [6, 6.07) is 0.347. The number of carbonyl (C=O) groups excluding carboxylic acids is 1. The molecule has 1 N–H and O–H groups in total. The van der Waals surface area contributed by atoms with Crippen LogP contribution in [0.25, 0.3) is 0 Å². The molecule has 5 heteroatoms. The molecular formula is C12H21NO4. The predicted octanol–water partition coefficient (Wildman–Crippen LogP) is 0.165. The number of carbonyl (C=O) groups is 1. The first-order chi connectivity index (χ1) is 8.33. The van der Waals surface area contributed by atoms with E-state index in [4.69, 9.17) is 14.6 Å². The number of rotatable bonds is 5. The SMILES string of the molecule is O=C(C1COCCO1)N(CCCO)C1CCC1. The van der Waals surface area contributed by atoms with Gasteiger partial charge in [0.2, 0.25) is 0 Å². The van der Waals surface area contributed by atoms with Crippen LogP contribution in [0, 0.1) is 0 Å². The molecule has 1 unspecified atom stereocenters. The van der Waals surface area contributed by atoms with Gasteiger partial charge in [-0.1, -0.05) is 0 Å². The zero-order chi connectivity index (χ0) is 12.1. The highest BCUT2D eigenvalue weighted by atomic mass is 16.6. The summed E-state index contributed by atoms with van der Waals surface area (Å²) in [5.74, 6) is 0.0304. The lowest BCUT2D eigenvalue weighted by Crippen LogP contribution is -2.52. The van der Waals surface area contributed by atoms with Crippen LogP contribution in [0.2, 0.25) is 0 Å².